The molecule has 0 bridgehead atoms. The number of nitrogens with one attached hydrogen (secondary N) is 1. The summed E-state index contributed by atoms with van der Waals surface area (Å²) in [5, 5.41) is 3.26. The summed E-state index contributed by atoms with van der Waals surface area (Å²) < 4.78 is 25.2. The lowest BCUT2D eigenvalue weighted by atomic mass is 10.2. The lowest BCUT2D eigenvalue weighted by molar-refractivity contribution is -0.0408. The molecule has 0 aromatic heterocycles. The van der Waals surface area contributed by atoms with Crippen LogP contribution in [0.25, 0.3) is 0 Å². The fraction of sp³-hybridized carbons (Fsp3) is 0.625. The van der Waals surface area contributed by atoms with Crippen LogP contribution in [0.1, 0.15) is 19.4 Å². The van der Waals surface area contributed by atoms with Crippen LogP contribution in [0.4, 0.5) is 4.39 Å². The van der Waals surface area contributed by atoms with E-state index >= 15 is 0 Å². The Labute approximate surface area is 126 Å². The number of hydrogen-bond acceptors (Lipinski definition) is 4. The van der Waals surface area contributed by atoms with E-state index in [9.17, 15) is 4.39 Å². The van der Waals surface area contributed by atoms with Gasteiger partial charge in [-0.2, -0.15) is 0 Å². The van der Waals surface area contributed by atoms with Gasteiger partial charge in [-0.05, 0) is 24.7 Å². The monoisotopic (exact) mass is 296 g/mol. The molecule has 1 heterocycles. The van der Waals surface area contributed by atoms with Gasteiger partial charge in [0.1, 0.15) is 12.7 Å². The van der Waals surface area contributed by atoms with Gasteiger partial charge in [0.05, 0.1) is 6.61 Å². The van der Waals surface area contributed by atoms with Gasteiger partial charge in [-0.3, -0.25) is 0 Å². The summed E-state index contributed by atoms with van der Waals surface area (Å²) in [4.78, 5) is 2.19. The number of rotatable bonds is 6. The van der Waals surface area contributed by atoms with Crippen molar-refractivity contribution in [1.29, 1.82) is 0 Å². The van der Waals surface area contributed by atoms with Crippen molar-refractivity contribution in [2.75, 3.05) is 33.4 Å². The van der Waals surface area contributed by atoms with Gasteiger partial charge < -0.3 is 19.7 Å². The first-order chi connectivity index (χ1) is 10.0. The van der Waals surface area contributed by atoms with Gasteiger partial charge in [-0.1, -0.05) is 19.9 Å². The predicted molar refractivity (Wildman–Crippen MR) is 81.1 cm³/mol. The zero-order valence-corrected chi connectivity index (χ0v) is 13.1. The molecule has 4 nitrogen and oxygen atoms in total. The van der Waals surface area contributed by atoms with Gasteiger partial charge in [0.2, 0.25) is 0 Å². The molecule has 0 aliphatic carbocycles. The zero-order valence-electron chi connectivity index (χ0n) is 13.1. The van der Waals surface area contributed by atoms with Gasteiger partial charge >= 0.3 is 0 Å². The summed E-state index contributed by atoms with van der Waals surface area (Å²) in [5.41, 5.74) is 0.919. The highest BCUT2D eigenvalue weighted by Crippen LogP contribution is 2.19. The number of likely N-dealkylation sites (N-methyl/N-ethyl adjacent to an activating group) is 1. The first-order valence-electron chi connectivity index (χ1n) is 7.49. The molecule has 1 aromatic carbocycles. The summed E-state index contributed by atoms with van der Waals surface area (Å²) in [6, 6.07) is 5.49. The van der Waals surface area contributed by atoms with Crippen LogP contribution in [0.5, 0.6) is 5.75 Å². The Morgan fingerprint density at radius 1 is 1.48 bits per heavy atom. The van der Waals surface area contributed by atoms with Crippen molar-refractivity contribution in [1.82, 2.24) is 10.2 Å². The molecule has 118 valence electrons. The van der Waals surface area contributed by atoms with Crippen molar-refractivity contribution in [3.8, 4) is 5.75 Å². The predicted octanol–water partition coefficient (Wildman–Crippen LogP) is 2.03. The number of hydrogen-bond donors (Lipinski definition) is 1. The fourth-order valence-electron chi connectivity index (χ4n) is 2.24. The molecule has 0 amide bonds. The highest BCUT2D eigenvalue weighted by molar-refractivity contribution is 5.29. The molecule has 1 aliphatic rings. The molecule has 0 radical (unpaired) electrons. The molecule has 1 aliphatic heterocycles. The van der Waals surface area contributed by atoms with Crippen LogP contribution in [0.15, 0.2) is 18.2 Å². The standard InChI is InChI=1S/C16H25FN2O2/c1-12(2)18-9-13-4-5-16(15(17)8-13)21-11-14-10-19(3)6-7-20-14/h4-5,8,12,14,18H,6-7,9-11H2,1-3H3. The lowest BCUT2D eigenvalue weighted by Gasteiger charge is -2.29. The fourth-order valence-corrected chi connectivity index (χ4v) is 2.24. The third-order valence-electron chi connectivity index (χ3n) is 3.48. The highest BCUT2D eigenvalue weighted by Gasteiger charge is 2.18. The molecule has 1 fully saturated rings. The second-order valence-electron chi connectivity index (χ2n) is 5.87. The Kier molecular flexibility index (Phi) is 5.96. The number of benzene rings is 1. The molecular weight excluding hydrogens is 271 g/mol. The minimum atomic E-state index is -0.317. The quantitative estimate of drug-likeness (QED) is 0.871. The maximum atomic E-state index is 14.0. The SMILES string of the molecule is CC(C)NCc1ccc(OCC2CN(C)CCO2)c(F)c1. The van der Waals surface area contributed by atoms with E-state index in [2.05, 4.69) is 24.1 Å². The van der Waals surface area contributed by atoms with Crippen LogP contribution >= 0.6 is 0 Å². The minimum absolute atomic E-state index is 0.00503. The molecule has 1 unspecified atom stereocenters. The first-order valence-corrected chi connectivity index (χ1v) is 7.49. The van der Waals surface area contributed by atoms with Crippen LogP contribution in [0.2, 0.25) is 0 Å². The van der Waals surface area contributed by atoms with E-state index in [0.717, 1.165) is 18.7 Å². The molecule has 5 heteroatoms. The molecule has 0 saturated carbocycles. The minimum Gasteiger partial charge on any atom is -0.488 e. The average molecular weight is 296 g/mol. The van der Waals surface area contributed by atoms with Crippen LogP contribution in [-0.2, 0) is 11.3 Å². The van der Waals surface area contributed by atoms with Gasteiger partial charge in [0.15, 0.2) is 11.6 Å². The average Bonchev–Trinajstić information content (AvgIpc) is 2.44. The second kappa shape index (κ2) is 7.73. The lowest BCUT2D eigenvalue weighted by Crippen LogP contribution is -2.42. The van der Waals surface area contributed by atoms with E-state index in [1.165, 1.54) is 6.07 Å². The normalized spacial score (nSPS) is 20.0. The zero-order chi connectivity index (χ0) is 15.2. The van der Waals surface area contributed by atoms with Crippen LogP contribution in [0.3, 0.4) is 0 Å². The summed E-state index contributed by atoms with van der Waals surface area (Å²) in [5.74, 6) is -0.0256. The van der Waals surface area contributed by atoms with Gasteiger partial charge in [-0.15, -0.1) is 0 Å². The third kappa shape index (κ3) is 5.26. The molecule has 21 heavy (non-hydrogen) atoms. The Balaban J connectivity index is 1.85. The topological polar surface area (TPSA) is 33.7 Å². The van der Waals surface area contributed by atoms with Crippen molar-refractivity contribution in [2.24, 2.45) is 0 Å². The Morgan fingerprint density at radius 2 is 2.29 bits per heavy atom. The number of nitrogens with zero attached hydrogens (tertiary/aromatic N) is 1. The molecule has 1 saturated heterocycles. The Hall–Kier alpha value is -1.17. The van der Waals surface area contributed by atoms with Crippen molar-refractivity contribution in [2.45, 2.75) is 32.5 Å². The Morgan fingerprint density at radius 3 is 2.95 bits per heavy atom. The number of halogens is 1. The molecule has 0 spiro atoms. The largest absolute Gasteiger partial charge is 0.488 e. The van der Waals surface area contributed by atoms with E-state index in [1.54, 1.807) is 6.07 Å². The number of ether oxygens (including phenoxy) is 2. The van der Waals surface area contributed by atoms with Crippen LogP contribution in [0, 0.1) is 5.82 Å². The highest BCUT2D eigenvalue weighted by atomic mass is 19.1. The Bertz CT molecular complexity index is 454. The number of morpholine rings is 1. The maximum Gasteiger partial charge on any atom is 0.165 e. The van der Waals surface area contributed by atoms with Crippen LogP contribution < -0.4 is 10.1 Å². The maximum absolute atomic E-state index is 14.0. The third-order valence-corrected chi connectivity index (χ3v) is 3.48. The first kappa shape index (κ1) is 16.2. The summed E-state index contributed by atoms with van der Waals surface area (Å²) in [7, 11) is 2.05. The van der Waals surface area contributed by atoms with Crippen LogP contribution in [-0.4, -0.2) is 50.4 Å². The van der Waals surface area contributed by atoms with E-state index in [1.807, 2.05) is 13.1 Å². The van der Waals surface area contributed by atoms with Gasteiger partial charge in [0, 0.05) is 25.7 Å². The van der Waals surface area contributed by atoms with Crippen molar-refractivity contribution in [3.63, 3.8) is 0 Å². The summed E-state index contributed by atoms with van der Waals surface area (Å²) in [6.45, 7) is 7.62. The van der Waals surface area contributed by atoms with E-state index in [4.69, 9.17) is 9.47 Å². The second-order valence-corrected chi connectivity index (χ2v) is 5.87. The smallest absolute Gasteiger partial charge is 0.165 e. The van der Waals surface area contributed by atoms with E-state index in [0.29, 0.717) is 31.5 Å². The molecule has 1 aromatic rings. The molecule has 1 atom stereocenters. The van der Waals surface area contributed by atoms with Crippen molar-refractivity contribution < 1.29 is 13.9 Å². The van der Waals surface area contributed by atoms with Crippen molar-refractivity contribution >= 4 is 0 Å². The van der Waals surface area contributed by atoms with Gasteiger partial charge in [-0.25, -0.2) is 4.39 Å². The van der Waals surface area contributed by atoms with Gasteiger partial charge in [0.25, 0.3) is 0 Å². The van der Waals surface area contributed by atoms with E-state index in [-0.39, 0.29) is 11.9 Å². The molecule has 1 N–H and O–H groups in total. The summed E-state index contributed by atoms with van der Waals surface area (Å²) in [6.07, 6.45) is 0.00503. The molecular formula is C16H25FN2O2. The van der Waals surface area contributed by atoms with Crippen molar-refractivity contribution in [3.05, 3.63) is 29.6 Å². The molecule has 2 rings (SSSR count). The summed E-state index contributed by atoms with van der Waals surface area (Å²) >= 11 is 0. The van der Waals surface area contributed by atoms with E-state index < -0.39 is 0 Å².